The van der Waals surface area contributed by atoms with Gasteiger partial charge in [0, 0.05) is 62.3 Å². The van der Waals surface area contributed by atoms with E-state index in [0.717, 1.165) is 35.6 Å². The van der Waals surface area contributed by atoms with Crippen molar-refractivity contribution < 1.29 is 9.53 Å². The molecule has 1 amide bonds. The molecule has 28 heavy (non-hydrogen) atoms. The van der Waals surface area contributed by atoms with Gasteiger partial charge in [-0.3, -0.25) is 14.2 Å². The summed E-state index contributed by atoms with van der Waals surface area (Å²) in [5.74, 6) is 0.580. The predicted octanol–water partition coefficient (Wildman–Crippen LogP) is 2.12. The van der Waals surface area contributed by atoms with Crippen LogP contribution in [0.5, 0.6) is 5.88 Å². The van der Waals surface area contributed by atoms with Gasteiger partial charge in [-0.1, -0.05) is 6.07 Å². The molecule has 0 aromatic carbocycles. The van der Waals surface area contributed by atoms with Gasteiger partial charge in [0.2, 0.25) is 5.88 Å². The molecular formula is C20H24N6O2. The second-order valence-electron chi connectivity index (χ2n) is 6.89. The summed E-state index contributed by atoms with van der Waals surface area (Å²) in [7, 11) is 1.94. The molecule has 0 unspecified atom stereocenters. The molecular weight excluding hydrogens is 356 g/mol. The van der Waals surface area contributed by atoms with E-state index in [1.165, 1.54) is 0 Å². The average Bonchev–Trinajstić information content (AvgIpc) is 3.25. The Balaban J connectivity index is 1.54. The number of nitrogens with zero attached hydrogens (tertiary/aromatic N) is 6. The highest BCUT2D eigenvalue weighted by Gasteiger charge is 2.29. The summed E-state index contributed by atoms with van der Waals surface area (Å²) in [5, 5.41) is 8.92. The van der Waals surface area contributed by atoms with Crippen LogP contribution in [0.4, 0.5) is 0 Å². The van der Waals surface area contributed by atoms with E-state index >= 15 is 0 Å². The Kier molecular flexibility index (Phi) is 4.85. The molecule has 3 aromatic heterocycles. The second kappa shape index (κ2) is 7.46. The van der Waals surface area contributed by atoms with Crippen LogP contribution < -0.4 is 4.74 Å². The molecule has 0 saturated heterocycles. The molecule has 8 nitrogen and oxygen atoms in total. The lowest BCUT2D eigenvalue weighted by molar-refractivity contribution is 0.0731. The fraction of sp³-hybridized carbons (Fsp3) is 0.400. The molecule has 0 saturated carbocycles. The lowest BCUT2D eigenvalue weighted by atomic mass is 10.0. The van der Waals surface area contributed by atoms with Crippen molar-refractivity contribution in [1.29, 1.82) is 0 Å². The van der Waals surface area contributed by atoms with Gasteiger partial charge in [-0.05, 0) is 19.9 Å². The van der Waals surface area contributed by atoms with Crippen molar-refractivity contribution >= 4 is 5.91 Å². The molecule has 0 atom stereocenters. The van der Waals surface area contributed by atoms with Crippen molar-refractivity contribution in [3.8, 4) is 5.88 Å². The number of pyridine rings is 1. The van der Waals surface area contributed by atoms with Gasteiger partial charge in [-0.15, -0.1) is 0 Å². The van der Waals surface area contributed by atoms with Crippen LogP contribution in [0.3, 0.4) is 0 Å². The highest BCUT2D eigenvalue weighted by molar-refractivity contribution is 5.95. The number of carbonyl (C=O) groups is 1. The van der Waals surface area contributed by atoms with Gasteiger partial charge >= 0.3 is 0 Å². The summed E-state index contributed by atoms with van der Waals surface area (Å²) >= 11 is 0. The van der Waals surface area contributed by atoms with E-state index < -0.39 is 0 Å². The number of aromatic nitrogens is 5. The van der Waals surface area contributed by atoms with Gasteiger partial charge in [-0.25, -0.2) is 4.98 Å². The van der Waals surface area contributed by atoms with Gasteiger partial charge in [-0.2, -0.15) is 10.2 Å². The summed E-state index contributed by atoms with van der Waals surface area (Å²) < 4.78 is 9.53. The van der Waals surface area contributed by atoms with Crippen LogP contribution in [0.15, 0.2) is 30.6 Å². The molecule has 3 aromatic rings. The molecule has 0 fully saturated rings. The number of fused-ring (bicyclic) bond motifs is 1. The van der Waals surface area contributed by atoms with Crippen LogP contribution in [-0.2, 0) is 33.2 Å². The van der Waals surface area contributed by atoms with E-state index in [1.54, 1.807) is 12.4 Å². The lowest BCUT2D eigenvalue weighted by Gasteiger charge is -2.27. The van der Waals surface area contributed by atoms with E-state index in [1.807, 2.05) is 53.4 Å². The summed E-state index contributed by atoms with van der Waals surface area (Å²) in [6.45, 7) is 6.23. The fourth-order valence-corrected chi connectivity index (χ4v) is 3.68. The number of aryl methyl sites for hydroxylation is 2. The van der Waals surface area contributed by atoms with Gasteiger partial charge < -0.3 is 9.64 Å². The Bertz CT molecular complexity index is 992. The van der Waals surface area contributed by atoms with Crippen molar-refractivity contribution in [3.63, 3.8) is 0 Å². The molecule has 0 N–H and O–H groups in total. The highest BCUT2D eigenvalue weighted by atomic mass is 16.5. The van der Waals surface area contributed by atoms with Crippen molar-refractivity contribution in [3.05, 3.63) is 58.8 Å². The average molecular weight is 380 g/mol. The Morgan fingerprint density at radius 3 is 2.89 bits per heavy atom. The van der Waals surface area contributed by atoms with E-state index in [4.69, 9.17) is 4.74 Å². The van der Waals surface area contributed by atoms with Crippen molar-refractivity contribution in [2.75, 3.05) is 6.54 Å². The van der Waals surface area contributed by atoms with Crippen LogP contribution in [0, 0.1) is 6.92 Å². The smallest absolute Gasteiger partial charge is 0.257 e. The number of ether oxygens (including phenoxy) is 1. The molecule has 0 bridgehead atoms. The van der Waals surface area contributed by atoms with Crippen LogP contribution >= 0.6 is 0 Å². The number of hydrogen-bond acceptors (Lipinski definition) is 5. The Morgan fingerprint density at radius 2 is 2.18 bits per heavy atom. The first-order valence-corrected chi connectivity index (χ1v) is 9.47. The van der Waals surface area contributed by atoms with Crippen LogP contribution in [-0.4, -0.2) is 41.9 Å². The topological polar surface area (TPSA) is 78.1 Å². The van der Waals surface area contributed by atoms with Gasteiger partial charge in [0.1, 0.15) is 12.3 Å². The number of amides is 1. The number of rotatable bonds is 5. The quantitative estimate of drug-likeness (QED) is 0.677. The van der Waals surface area contributed by atoms with E-state index in [0.29, 0.717) is 31.1 Å². The van der Waals surface area contributed by atoms with E-state index in [9.17, 15) is 4.79 Å². The first kappa shape index (κ1) is 18.2. The normalized spacial score (nSPS) is 13.5. The first-order valence-electron chi connectivity index (χ1n) is 9.47. The van der Waals surface area contributed by atoms with Gasteiger partial charge in [0.15, 0.2) is 0 Å². The Labute approximate surface area is 163 Å². The zero-order valence-electron chi connectivity index (χ0n) is 16.4. The van der Waals surface area contributed by atoms with Gasteiger partial charge in [0.25, 0.3) is 5.91 Å². The fourth-order valence-electron chi connectivity index (χ4n) is 3.68. The van der Waals surface area contributed by atoms with Crippen LogP contribution in [0.2, 0.25) is 0 Å². The third kappa shape index (κ3) is 3.26. The lowest BCUT2D eigenvalue weighted by Crippen LogP contribution is -2.36. The summed E-state index contributed by atoms with van der Waals surface area (Å²) in [4.78, 5) is 19.1. The third-order valence-corrected chi connectivity index (χ3v) is 5.24. The molecule has 8 heteroatoms. The minimum absolute atomic E-state index is 0.0169. The van der Waals surface area contributed by atoms with E-state index in [-0.39, 0.29) is 5.91 Å². The Hall–Kier alpha value is -3.16. The standard InChI is InChI=1S/C20H24N6O2/c1-4-26-14(2)15(11-22-26)20(27)25-10-8-18-16(12-25)17(23-24(18)3)13-28-19-7-5-6-9-21-19/h5-7,9,11H,4,8,10,12-13H2,1-3H3. The van der Waals surface area contributed by atoms with Crippen molar-refractivity contribution in [2.45, 2.75) is 40.0 Å². The second-order valence-corrected chi connectivity index (χ2v) is 6.89. The molecule has 1 aliphatic heterocycles. The van der Waals surface area contributed by atoms with E-state index in [2.05, 4.69) is 15.2 Å². The molecule has 0 aliphatic carbocycles. The minimum Gasteiger partial charge on any atom is -0.471 e. The monoisotopic (exact) mass is 380 g/mol. The van der Waals surface area contributed by atoms with Crippen LogP contribution in [0.1, 0.15) is 39.9 Å². The number of hydrogen-bond donors (Lipinski definition) is 0. The summed E-state index contributed by atoms with van der Waals surface area (Å²) in [6, 6.07) is 5.55. The zero-order chi connectivity index (χ0) is 19.7. The molecule has 0 radical (unpaired) electrons. The zero-order valence-corrected chi connectivity index (χ0v) is 16.4. The maximum atomic E-state index is 13.1. The molecule has 1 aliphatic rings. The van der Waals surface area contributed by atoms with Crippen molar-refractivity contribution in [2.24, 2.45) is 7.05 Å². The SMILES string of the molecule is CCn1ncc(C(=O)N2CCc3c(c(COc4ccccn4)nn3C)C2)c1C. The highest BCUT2D eigenvalue weighted by Crippen LogP contribution is 2.25. The van der Waals surface area contributed by atoms with Crippen molar-refractivity contribution in [1.82, 2.24) is 29.4 Å². The first-order chi connectivity index (χ1) is 13.6. The minimum atomic E-state index is 0.0169. The third-order valence-electron chi connectivity index (χ3n) is 5.24. The maximum Gasteiger partial charge on any atom is 0.257 e. The van der Waals surface area contributed by atoms with Gasteiger partial charge in [0.05, 0.1) is 11.8 Å². The summed E-state index contributed by atoms with van der Waals surface area (Å²) in [5.41, 5.74) is 4.65. The molecule has 4 rings (SSSR count). The molecule has 4 heterocycles. The number of carbonyl (C=O) groups excluding carboxylic acids is 1. The molecule has 0 spiro atoms. The maximum absolute atomic E-state index is 13.1. The molecule has 146 valence electrons. The Morgan fingerprint density at radius 1 is 1.32 bits per heavy atom. The predicted molar refractivity (Wildman–Crippen MR) is 103 cm³/mol. The largest absolute Gasteiger partial charge is 0.471 e. The van der Waals surface area contributed by atoms with Crippen LogP contribution in [0.25, 0.3) is 0 Å². The summed E-state index contributed by atoms with van der Waals surface area (Å²) in [6.07, 6.45) is 4.14.